The Kier molecular flexibility index (Phi) is 7.74. The Morgan fingerprint density at radius 2 is 1.84 bits per heavy atom. The molecule has 1 aromatic heterocycles. The second-order valence-electron chi connectivity index (χ2n) is 6.86. The minimum atomic E-state index is -0.658. The molecule has 1 heterocycles. The van der Waals surface area contributed by atoms with Crippen LogP contribution >= 0.6 is 0 Å². The van der Waals surface area contributed by atoms with Gasteiger partial charge in [-0.2, -0.15) is 0 Å². The molecule has 0 aliphatic rings. The number of aromatic nitrogens is 1. The van der Waals surface area contributed by atoms with Crippen LogP contribution < -0.4 is 15.4 Å². The van der Waals surface area contributed by atoms with Gasteiger partial charge < -0.3 is 25.6 Å². The quantitative estimate of drug-likeness (QED) is 0.210. The highest BCUT2D eigenvalue weighted by molar-refractivity contribution is 5.65. The first kappa shape index (κ1) is 22.0. The number of aromatic hydroxyl groups is 1. The predicted octanol–water partition coefficient (Wildman–Crippen LogP) is 3.01. The molecular formula is C22H24N4O5. The molecule has 31 heavy (non-hydrogen) atoms. The molecule has 0 spiro atoms. The van der Waals surface area contributed by atoms with E-state index in [1.165, 1.54) is 30.5 Å². The number of anilines is 2. The van der Waals surface area contributed by atoms with Gasteiger partial charge in [-0.15, -0.1) is 0 Å². The summed E-state index contributed by atoms with van der Waals surface area (Å²) in [6.07, 6.45) is 1.60. The molecule has 0 saturated carbocycles. The monoisotopic (exact) mass is 424 g/mol. The number of nitrogens with one attached hydrogen (secondary N) is 2. The Bertz CT molecular complexity index is 980. The molecular weight excluding hydrogens is 400 g/mol. The van der Waals surface area contributed by atoms with E-state index < -0.39 is 11.0 Å². The predicted molar refractivity (Wildman–Crippen MR) is 117 cm³/mol. The number of ether oxygens (including phenoxy) is 1. The summed E-state index contributed by atoms with van der Waals surface area (Å²) in [7, 11) is 0. The van der Waals surface area contributed by atoms with Crippen molar-refractivity contribution in [1.82, 2.24) is 10.3 Å². The molecule has 0 radical (unpaired) electrons. The number of hydrogen-bond acceptors (Lipinski definition) is 8. The van der Waals surface area contributed by atoms with Gasteiger partial charge in [0.25, 0.3) is 0 Å². The van der Waals surface area contributed by atoms with E-state index in [4.69, 9.17) is 4.74 Å². The Morgan fingerprint density at radius 3 is 2.55 bits per heavy atom. The van der Waals surface area contributed by atoms with Crippen LogP contribution in [0, 0.1) is 10.1 Å². The molecule has 0 aliphatic carbocycles. The minimum Gasteiger partial charge on any atom is -0.508 e. The third kappa shape index (κ3) is 6.95. The summed E-state index contributed by atoms with van der Waals surface area (Å²) in [5.74, 6) is 0.948. The second-order valence-corrected chi connectivity index (χ2v) is 6.86. The van der Waals surface area contributed by atoms with E-state index in [1.807, 2.05) is 24.3 Å². The fraction of sp³-hybridized carbons (Fsp3) is 0.227. The van der Waals surface area contributed by atoms with Crippen molar-refractivity contribution in [2.45, 2.75) is 12.5 Å². The third-order valence-corrected chi connectivity index (χ3v) is 4.45. The smallest absolute Gasteiger partial charge is 0.311 e. The van der Waals surface area contributed by atoms with Crippen molar-refractivity contribution in [3.05, 3.63) is 82.5 Å². The topological polar surface area (TPSA) is 130 Å². The molecule has 3 rings (SSSR count). The van der Waals surface area contributed by atoms with Crippen LogP contribution in [0.5, 0.6) is 11.5 Å². The summed E-state index contributed by atoms with van der Waals surface area (Å²) in [6.45, 7) is 1.22. The van der Waals surface area contributed by atoms with Gasteiger partial charge in [-0.1, -0.05) is 12.1 Å². The molecule has 1 atom stereocenters. The second kappa shape index (κ2) is 10.9. The molecule has 162 valence electrons. The van der Waals surface area contributed by atoms with E-state index in [0.717, 1.165) is 12.0 Å². The van der Waals surface area contributed by atoms with Crippen LogP contribution in [0.2, 0.25) is 0 Å². The lowest BCUT2D eigenvalue weighted by molar-refractivity contribution is -0.384. The van der Waals surface area contributed by atoms with Crippen molar-refractivity contribution in [2.75, 3.05) is 25.0 Å². The van der Waals surface area contributed by atoms with Gasteiger partial charge in [-0.05, 0) is 61.0 Å². The van der Waals surface area contributed by atoms with Crippen LogP contribution in [0.3, 0.4) is 0 Å². The zero-order chi connectivity index (χ0) is 22.1. The highest BCUT2D eigenvalue weighted by atomic mass is 16.6. The van der Waals surface area contributed by atoms with Crippen molar-refractivity contribution in [2.24, 2.45) is 0 Å². The lowest BCUT2D eigenvalue weighted by atomic mass is 10.1. The number of phenolic OH excluding ortho intramolecular Hbond substituents is 1. The van der Waals surface area contributed by atoms with Gasteiger partial charge in [0.2, 0.25) is 5.82 Å². The summed E-state index contributed by atoms with van der Waals surface area (Å²) in [5, 5.41) is 36.5. The number of phenols is 1. The van der Waals surface area contributed by atoms with Crippen LogP contribution in [0.15, 0.2) is 66.9 Å². The van der Waals surface area contributed by atoms with Crippen molar-refractivity contribution >= 4 is 17.2 Å². The summed E-state index contributed by atoms with van der Waals surface area (Å²) < 4.78 is 5.47. The number of aliphatic hydroxyl groups excluding tert-OH is 1. The number of benzene rings is 2. The van der Waals surface area contributed by atoms with Gasteiger partial charge in [0.05, 0.1) is 4.92 Å². The fourth-order valence-corrected chi connectivity index (χ4v) is 2.83. The maximum atomic E-state index is 11.1. The normalized spacial score (nSPS) is 11.6. The highest BCUT2D eigenvalue weighted by Crippen LogP contribution is 2.24. The number of nitrogens with zero attached hydrogens (tertiary/aromatic N) is 2. The van der Waals surface area contributed by atoms with Crippen LogP contribution in [0.4, 0.5) is 17.2 Å². The first-order valence-electron chi connectivity index (χ1n) is 9.77. The van der Waals surface area contributed by atoms with E-state index >= 15 is 0 Å². The van der Waals surface area contributed by atoms with Crippen molar-refractivity contribution < 1.29 is 19.9 Å². The lowest BCUT2D eigenvalue weighted by Crippen LogP contribution is -2.32. The summed E-state index contributed by atoms with van der Waals surface area (Å²) >= 11 is 0. The first-order chi connectivity index (χ1) is 15.0. The van der Waals surface area contributed by atoms with E-state index in [9.17, 15) is 20.3 Å². The first-order valence-corrected chi connectivity index (χ1v) is 9.77. The molecule has 0 fully saturated rings. The molecule has 3 aromatic rings. The van der Waals surface area contributed by atoms with Crippen molar-refractivity contribution in [3.8, 4) is 11.5 Å². The number of pyridine rings is 1. The average Bonchev–Trinajstić information content (AvgIpc) is 2.77. The van der Waals surface area contributed by atoms with E-state index in [1.54, 1.807) is 12.1 Å². The standard InChI is InChI=1S/C22H24N4O5/c27-18-7-9-20(10-8-18)31-15-19(28)14-23-13-11-16-3-5-17(6-4-16)25-22-21(26(29)30)2-1-12-24-22/h1-10,12,19,23,27-28H,11,13-15H2,(H,24,25)/t19-/m0/s1. The van der Waals surface area contributed by atoms with Gasteiger partial charge in [0.1, 0.15) is 24.2 Å². The van der Waals surface area contributed by atoms with E-state index in [-0.39, 0.29) is 23.9 Å². The Hall–Kier alpha value is -3.69. The molecule has 9 nitrogen and oxygen atoms in total. The fourth-order valence-electron chi connectivity index (χ4n) is 2.83. The van der Waals surface area contributed by atoms with E-state index in [0.29, 0.717) is 24.5 Å². The third-order valence-electron chi connectivity index (χ3n) is 4.45. The molecule has 0 bridgehead atoms. The largest absolute Gasteiger partial charge is 0.508 e. The Balaban J connectivity index is 1.38. The minimum absolute atomic E-state index is 0.0799. The summed E-state index contributed by atoms with van der Waals surface area (Å²) in [6, 6.07) is 16.8. The number of aliphatic hydroxyl groups is 1. The van der Waals surface area contributed by atoms with Gasteiger partial charge in [-0.3, -0.25) is 10.1 Å². The number of nitro groups is 1. The Labute approximate surface area is 179 Å². The zero-order valence-corrected chi connectivity index (χ0v) is 16.8. The van der Waals surface area contributed by atoms with Crippen molar-refractivity contribution in [3.63, 3.8) is 0 Å². The summed E-state index contributed by atoms with van der Waals surface area (Å²) in [5.41, 5.74) is 1.72. The maximum absolute atomic E-state index is 11.1. The van der Waals surface area contributed by atoms with Crippen LogP contribution in [0.25, 0.3) is 0 Å². The molecule has 0 aliphatic heterocycles. The maximum Gasteiger partial charge on any atom is 0.311 e. The molecule has 2 aromatic carbocycles. The average molecular weight is 424 g/mol. The van der Waals surface area contributed by atoms with Crippen LogP contribution in [-0.4, -0.2) is 45.9 Å². The van der Waals surface area contributed by atoms with E-state index in [2.05, 4.69) is 15.6 Å². The molecule has 0 amide bonds. The highest BCUT2D eigenvalue weighted by Gasteiger charge is 2.14. The van der Waals surface area contributed by atoms with Crippen molar-refractivity contribution in [1.29, 1.82) is 0 Å². The van der Waals surface area contributed by atoms with Gasteiger partial charge in [0.15, 0.2) is 0 Å². The number of hydrogen-bond donors (Lipinski definition) is 4. The lowest BCUT2D eigenvalue weighted by Gasteiger charge is -2.13. The van der Waals surface area contributed by atoms with Crippen LogP contribution in [0.1, 0.15) is 5.56 Å². The van der Waals surface area contributed by atoms with Crippen LogP contribution in [-0.2, 0) is 6.42 Å². The molecule has 0 saturated heterocycles. The molecule has 0 unspecified atom stereocenters. The zero-order valence-electron chi connectivity index (χ0n) is 16.8. The Morgan fingerprint density at radius 1 is 1.10 bits per heavy atom. The van der Waals surface area contributed by atoms with Gasteiger partial charge in [-0.25, -0.2) is 4.98 Å². The molecule has 9 heteroatoms. The SMILES string of the molecule is O=[N+]([O-])c1cccnc1Nc1ccc(CCNC[C@H](O)COc2ccc(O)cc2)cc1. The van der Waals surface area contributed by atoms with Gasteiger partial charge in [0, 0.05) is 24.5 Å². The van der Waals surface area contributed by atoms with Gasteiger partial charge >= 0.3 is 5.69 Å². The summed E-state index contributed by atoms with van der Waals surface area (Å²) in [4.78, 5) is 14.6. The molecule has 4 N–H and O–H groups in total. The number of rotatable bonds is 11.